The lowest BCUT2D eigenvalue weighted by molar-refractivity contribution is -0.132. The zero-order valence-corrected chi connectivity index (χ0v) is 18.6. The fourth-order valence-corrected chi connectivity index (χ4v) is 3.71. The minimum Gasteiger partial charge on any atom is -0.493 e. The molecular weight excluding hydrogens is 396 g/mol. The summed E-state index contributed by atoms with van der Waals surface area (Å²) in [6.07, 6.45) is 1.20. The molecule has 0 saturated carbocycles. The van der Waals surface area contributed by atoms with Crippen LogP contribution in [0.3, 0.4) is 0 Å². The molecule has 0 unspecified atom stereocenters. The Labute approximate surface area is 183 Å². The van der Waals surface area contributed by atoms with Gasteiger partial charge in [-0.05, 0) is 31.0 Å². The molecule has 1 heterocycles. The summed E-state index contributed by atoms with van der Waals surface area (Å²) in [5, 5.41) is 0. The molecular formula is C24H30N2O5. The summed E-state index contributed by atoms with van der Waals surface area (Å²) in [4.78, 5) is 29.2. The Kier molecular flexibility index (Phi) is 7.39. The first kappa shape index (κ1) is 22.5. The highest BCUT2D eigenvalue weighted by Crippen LogP contribution is 2.38. The van der Waals surface area contributed by atoms with E-state index >= 15 is 0 Å². The van der Waals surface area contributed by atoms with Crippen LogP contribution in [0, 0.1) is 6.92 Å². The third-order valence-corrected chi connectivity index (χ3v) is 5.58. The molecule has 2 amide bonds. The first-order chi connectivity index (χ1) is 15.0. The molecule has 0 aromatic heterocycles. The molecule has 1 aliphatic heterocycles. The second kappa shape index (κ2) is 10.2. The summed E-state index contributed by atoms with van der Waals surface area (Å²) in [6.45, 7) is 4.09. The molecule has 2 aromatic rings. The predicted molar refractivity (Wildman–Crippen MR) is 118 cm³/mol. The van der Waals surface area contributed by atoms with Gasteiger partial charge in [0.05, 0.1) is 21.3 Å². The van der Waals surface area contributed by atoms with Crippen molar-refractivity contribution in [2.24, 2.45) is 0 Å². The largest absolute Gasteiger partial charge is 0.493 e. The average molecular weight is 427 g/mol. The molecule has 0 atom stereocenters. The topological polar surface area (TPSA) is 68.3 Å². The van der Waals surface area contributed by atoms with Gasteiger partial charge in [-0.2, -0.15) is 0 Å². The van der Waals surface area contributed by atoms with E-state index in [0.29, 0.717) is 55.4 Å². The van der Waals surface area contributed by atoms with Crippen molar-refractivity contribution in [3.8, 4) is 17.2 Å². The van der Waals surface area contributed by atoms with Crippen molar-refractivity contribution in [1.29, 1.82) is 0 Å². The van der Waals surface area contributed by atoms with Crippen molar-refractivity contribution < 1.29 is 23.8 Å². The lowest BCUT2D eigenvalue weighted by Gasteiger charge is -2.35. The lowest BCUT2D eigenvalue weighted by Crippen LogP contribution is -2.50. The van der Waals surface area contributed by atoms with Crippen LogP contribution in [0.2, 0.25) is 0 Å². The van der Waals surface area contributed by atoms with E-state index in [2.05, 4.69) is 24.3 Å². The molecule has 31 heavy (non-hydrogen) atoms. The minimum atomic E-state index is -0.119. The Balaban J connectivity index is 1.58. The molecule has 3 rings (SSSR count). The average Bonchev–Trinajstić information content (AvgIpc) is 2.82. The highest BCUT2D eigenvalue weighted by atomic mass is 16.5. The monoisotopic (exact) mass is 426 g/mol. The van der Waals surface area contributed by atoms with Crippen LogP contribution in [0.1, 0.15) is 27.9 Å². The molecule has 1 aliphatic rings. The quantitative estimate of drug-likeness (QED) is 0.681. The summed E-state index contributed by atoms with van der Waals surface area (Å²) in [7, 11) is 4.57. The van der Waals surface area contributed by atoms with Crippen molar-refractivity contribution >= 4 is 11.8 Å². The Morgan fingerprint density at radius 2 is 1.39 bits per heavy atom. The third kappa shape index (κ3) is 5.29. The molecule has 7 heteroatoms. The molecule has 0 N–H and O–H groups in total. The van der Waals surface area contributed by atoms with E-state index in [9.17, 15) is 9.59 Å². The van der Waals surface area contributed by atoms with E-state index in [1.54, 1.807) is 17.0 Å². The second-order valence-corrected chi connectivity index (χ2v) is 7.57. The van der Waals surface area contributed by atoms with Gasteiger partial charge in [-0.3, -0.25) is 9.59 Å². The number of aryl methyl sites for hydroxylation is 2. The predicted octanol–water partition coefficient (Wildman–Crippen LogP) is 2.94. The zero-order valence-electron chi connectivity index (χ0n) is 18.6. The lowest BCUT2D eigenvalue weighted by atomic mass is 10.1. The molecule has 2 aromatic carbocycles. The van der Waals surface area contributed by atoms with Gasteiger partial charge in [0.2, 0.25) is 11.7 Å². The maximum absolute atomic E-state index is 13.0. The number of carbonyl (C=O) groups is 2. The number of piperazine rings is 1. The van der Waals surface area contributed by atoms with Crippen LogP contribution in [-0.4, -0.2) is 69.1 Å². The summed E-state index contributed by atoms with van der Waals surface area (Å²) < 4.78 is 16.0. The third-order valence-electron chi connectivity index (χ3n) is 5.58. The highest BCUT2D eigenvalue weighted by Gasteiger charge is 2.26. The number of methoxy groups -OCH3 is 3. The van der Waals surface area contributed by atoms with Gasteiger partial charge >= 0.3 is 0 Å². The van der Waals surface area contributed by atoms with Gasteiger partial charge in [0, 0.05) is 38.2 Å². The maximum Gasteiger partial charge on any atom is 0.254 e. The first-order valence-corrected chi connectivity index (χ1v) is 10.4. The molecule has 166 valence electrons. The summed E-state index contributed by atoms with van der Waals surface area (Å²) in [6, 6.07) is 11.6. The molecule has 7 nitrogen and oxygen atoms in total. The molecule has 0 radical (unpaired) electrons. The van der Waals surface area contributed by atoms with Crippen LogP contribution in [-0.2, 0) is 11.2 Å². The van der Waals surface area contributed by atoms with E-state index in [0.717, 1.165) is 12.0 Å². The number of rotatable bonds is 7. The van der Waals surface area contributed by atoms with Crippen LogP contribution < -0.4 is 14.2 Å². The molecule has 0 aliphatic carbocycles. The van der Waals surface area contributed by atoms with Crippen molar-refractivity contribution in [2.75, 3.05) is 47.5 Å². The number of carbonyl (C=O) groups excluding carboxylic acids is 2. The second-order valence-electron chi connectivity index (χ2n) is 7.57. The van der Waals surface area contributed by atoms with Crippen molar-refractivity contribution in [1.82, 2.24) is 9.80 Å². The molecule has 0 spiro atoms. The van der Waals surface area contributed by atoms with Crippen LogP contribution >= 0.6 is 0 Å². The van der Waals surface area contributed by atoms with Gasteiger partial charge < -0.3 is 24.0 Å². The van der Waals surface area contributed by atoms with Crippen LogP contribution in [0.15, 0.2) is 36.4 Å². The van der Waals surface area contributed by atoms with Crippen LogP contribution in [0.5, 0.6) is 17.2 Å². The molecule has 1 fully saturated rings. The van der Waals surface area contributed by atoms with Gasteiger partial charge in [-0.1, -0.05) is 29.8 Å². The standard InChI is InChI=1S/C24H30N2O5/c1-17-5-7-18(8-6-17)9-10-22(27)25-11-13-26(14-12-25)24(28)19-15-20(29-2)23(31-4)21(16-19)30-3/h5-8,15-16H,9-14H2,1-4H3. The number of ether oxygens (including phenoxy) is 3. The van der Waals surface area contributed by atoms with Gasteiger partial charge in [0.1, 0.15) is 0 Å². The van der Waals surface area contributed by atoms with E-state index < -0.39 is 0 Å². The van der Waals surface area contributed by atoms with Crippen LogP contribution in [0.4, 0.5) is 0 Å². The Bertz CT molecular complexity index is 893. The number of benzene rings is 2. The number of hydrogen-bond acceptors (Lipinski definition) is 5. The van der Waals surface area contributed by atoms with Gasteiger partial charge in [-0.25, -0.2) is 0 Å². The summed E-state index contributed by atoms with van der Waals surface area (Å²) in [5.74, 6) is 1.34. The first-order valence-electron chi connectivity index (χ1n) is 10.4. The van der Waals surface area contributed by atoms with Gasteiger partial charge in [0.25, 0.3) is 5.91 Å². The molecule has 0 bridgehead atoms. The fraction of sp³-hybridized carbons (Fsp3) is 0.417. The normalized spacial score (nSPS) is 13.7. The summed E-state index contributed by atoms with van der Waals surface area (Å²) >= 11 is 0. The van der Waals surface area contributed by atoms with Crippen LogP contribution in [0.25, 0.3) is 0 Å². The highest BCUT2D eigenvalue weighted by molar-refractivity contribution is 5.96. The van der Waals surface area contributed by atoms with Crippen molar-refractivity contribution in [2.45, 2.75) is 19.8 Å². The van der Waals surface area contributed by atoms with E-state index in [4.69, 9.17) is 14.2 Å². The summed E-state index contributed by atoms with van der Waals surface area (Å²) in [5.41, 5.74) is 2.84. The van der Waals surface area contributed by atoms with E-state index in [1.807, 2.05) is 11.8 Å². The van der Waals surface area contributed by atoms with Gasteiger partial charge in [0.15, 0.2) is 11.5 Å². The smallest absolute Gasteiger partial charge is 0.254 e. The van der Waals surface area contributed by atoms with E-state index in [1.165, 1.54) is 26.9 Å². The van der Waals surface area contributed by atoms with E-state index in [-0.39, 0.29) is 11.8 Å². The fourth-order valence-electron chi connectivity index (χ4n) is 3.71. The minimum absolute atomic E-state index is 0.119. The van der Waals surface area contributed by atoms with Crippen molar-refractivity contribution in [3.05, 3.63) is 53.1 Å². The zero-order chi connectivity index (χ0) is 22.4. The Morgan fingerprint density at radius 3 is 1.90 bits per heavy atom. The van der Waals surface area contributed by atoms with Crippen molar-refractivity contribution in [3.63, 3.8) is 0 Å². The van der Waals surface area contributed by atoms with Gasteiger partial charge in [-0.15, -0.1) is 0 Å². The number of amides is 2. The Morgan fingerprint density at radius 1 is 0.839 bits per heavy atom. The maximum atomic E-state index is 13.0. The SMILES string of the molecule is COc1cc(C(=O)N2CCN(C(=O)CCc3ccc(C)cc3)CC2)cc(OC)c1OC. The molecule has 1 saturated heterocycles. The number of nitrogens with zero attached hydrogens (tertiary/aromatic N) is 2. The number of hydrogen-bond donors (Lipinski definition) is 0. The Hall–Kier alpha value is -3.22.